The number of Topliss-reactive ketones (excluding diaryl/α,β-unsaturated/α-hetero) is 2. The van der Waals surface area contributed by atoms with Crippen LogP contribution >= 0.6 is 0 Å². The summed E-state index contributed by atoms with van der Waals surface area (Å²) in [5, 5.41) is 0. The summed E-state index contributed by atoms with van der Waals surface area (Å²) in [7, 11) is 0. The molecule has 0 bridgehead atoms. The highest BCUT2D eigenvalue weighted by Crippen LogP contribution is 2.11. The Morgan fingerprint density at radius 2 is 1.75 bits per heavy atom. The van der Waals surface area contributed by atoms with E-state index in [0.717, 1.165) is 12.8 Å². The summed E-state index contributed by atoms with van der Waals surface area (Å²) >= 11 is 0. The molecule has 0 N–H and O–H groups in total. The van der Waals surface area contributed by atoms with E-state index in [2.05, 4.69) is 0 Å². The Morgan fingerprint density at radius 1 is 1.19 bits per heavy atom. The second kappa shape index (κ2) is 7.14. The lowest BCUT2D eigenvalue weighted by molar-refractivity contribution is -0.155. The Morgan fingerprint density at radius 3 is 2.12 bits per heavy atom. The van der Waals surface area contributed by atoms with Crippen LogP contribution in [0.2, 0.25) is 0 Å². The van der Waals surface area contributed by atoms with Crippen molar-refractivity contribution in [3.05, 3.63) is 0 Å². The minimum absolute atomic E-state index is 0.268. The van der Waals surface area contributed by atoms with Gasteiger partial charge < -0.3 is 4.74 Å². The van der Waals surface area contributed by atoms with E-state index in [-0.39, 0.29) is 18.3 Å². The number of hydrogen-bond acceptors (Lipinski definition) is 4. The van der Waals surface area contributed by atoms with Gasteiger partial charge >= 0.3 is 5.97 Å². The van der Waals surface area contributed by atoms with Crippen molar-refractivity contribution in [2.75, 3.05) is 6.61 Å². The molecule has 16 heavy (non-hydrogen) atoms. The molecule has 0 saturated heterocycles. The van der Waals surface area contributed by atoms with Crippen molar-refractivity contribution in [1.82, 2.24) is 0 Å². The van der Waals surface area contributed by atoms with Crippen LogP contribution in [0.15, 0.2) is 0 Å². The molecule has 0 amide bonds. The standard InChI is InChI=1S/C12H20O4/c1-5-6-7-16-12(15)10(9(4)13)11(14)8(2)3/h8,10H,5-7H2,1-4H3. The first kappa shape index (κ1) is 14.8. The largest absolute Gasteiger partial charge is 0.465 e. The number of ketones is 2. The fourth-order valence-electron chi connectivity index (χ4n) is 1.22. The lowest BCUT2D eigenvalue weighted by Gasteiger charge is -2.14. The quantitative estimate of drug-likeness (QED) is 0.378. The Bertz CT molecular complexity index is 268. The number of carbonyl (C=O) groups excluding carboxylic acids is 3. The van der Waals surface area contributed by atoms with Crippen molar-refractivity contribution in [2.45, 2.75) is 40.5 Å². The molecule has 0 aliphatic rings. The Labute approximate surface area is 96.4 Å². The molecule has 0 rings (SSSR count). The van der Waals surface area contributed by atoms with Gasteiger partial charge in [-0.3, -0.25) is 14.4 Å². The van der Waals surface area contributed by atoms with Crippen LogP contribution in [-0.2, 0) is 19.1 Å². The van der Waals surface area contributed by atoms with Crippen LogP contribution in [0.4, 0.5) is 0 Å². The number of unbranched alkanes of at least 4 members (excludes halogenated alkanes) is 1. The molecule has 4 heteroatoms. The van der Waals surface area contributed by atoms with Crippen LogP contribution in [0.25, 0.3) is 0 Å². The number of hydrogen-bond donors (Lipinski definition) is 0. The van der Waals surface area contributed by atoms with Crippen molar-refractivity contribution in [1.29, 1.82) is 0 Å². The van der Waals surface area contributed by atoms with E-state index in [1.807, 2.05) is 6.92 Å². The molecule has 0 aliphatic heterocycles. The highest BCUT2D eigenvalue weighted by molar-refractivity contribution is 6.17. The second-order valence-corrected chi connectivity index (χ2v) is 4.12. The lowest BCUT2D eigenvalue weighted by atomic mass is 9.92. The molecule has 4 nitrogen and oxygen atoms in total. The topological polar surface area (TPSA) is 60.4 Å². The smallest absolute Gasteiger partial charge is 0.324 e. The minimum Gasteiger partial charge on any atom is -0.465 e. The van der Waals surface area contributed by atoms with Crippen molar-refractivity contribution in [2.24, 2.45) is 11.8 Å². The molecule has 0 saturated carbocycles. The SMILES string of the molecule is CCCCOC(=O)C(C(C)=O)C(=O)C(C)C. The number of carbonyl (C=O) groups is 3. The van der Waals surface area contributed by atoms with E-state index >= 15 is 0 Å². The van der Waals surface area contributed by atoms with Gasteiger partial charge in [-0.2, -0.15) is 0 Å². The molecule has 0 aliphatic carbocycles. The summed E-state index contributed by atoms with van der Waals surface area (Å²) in [6.45, 7) is 6.81. The molecule has 1 unspecified atom stereocenters. The predicted molar refractivity (Wildman–Crippen MR) is 59.9 cm³/mol. The van der Waals surface area contributed by atoms with Crippen molar-refractivity contribution in [3.63, 3.8) is 0 Å². The van der Waals surface area contributed by atoms with Gasteiger partial charge in [-0.05, 0) is 13.3 Å². The van der Waals surface area contributed by atoms with Gasteiger partial charge in [0.15, 0.2) is 17.5 Å². The van der Waals surface area contributed by atoms with Crippen LogP contribution in [0.3, 0.4) is 0 Å². The normalized spacial score (nSPS) is 12.3. The second-order valence-electron chi connectivity index (χ2n) is 4.12. The molecular weight excluding hydrogens is 208 g/mol. The van der Waals surface area contributed by atoms with Gasteiger partial charge in [-0.15, -0.1) is 0 Å². The Hall–Kier alpha value is -1.19. The number of esters is 1. The fourth-order valence-corrected chi connectivity index (χ4v) is 1.22. The van der Waals surface area contributed by atoms with E-state index in [4.69, 9.17) is 4.74 Å². The maximum Gasteiger partial charge on any atom is 0.324 e. The maximum absolute atomic E-state index is 11.6. The van der Waals surface area contributed by atoms with Crippen LogP contribution < -0.4 is 0 Å². The number of rotatable bonds is 7. The van der Waals surface area contributed by atoms with Crippen molar-refractivity contribution < 1.29 is 19.1 Å². The average molecular weight is 228 g/mol. The Balaban J connectivity index is 4.48. The van der Waals surface area contributed by atoms with Gasteiger partial charge in [0.05, 0.1) is 6.61 Å². The summed E-state index contributed by atoms with van der Waals surface area (Å²) < 4.78 is 4.90. The molecule has 0 aromatic carbocycles. The zero-order valence-corrected chi connectivity index (χ0v) is 10.4. The molecule has 0 radical (unpaired) electrons. The maximum atomic E-state index is 11.6. The highest BCUT2D eigenvalue weighted by atomic mass is 16.5. The molecular formula is C12H20O4. The van der Waals surface area contributed by atoms with Gasteiger partial charge in [0.1, 0.15) is 0 Å². The van der Waals surface area contributed by atoms with Gasteiger partial charge in [0.25, 0.3) is 0 Å². The summed E-state index contributed by atoms with van der Waals surface area (Å²) in [4.78, 5) is 34.4. The predicted octanol–water partition coefficient (Wildman–Crippen LogP) is 1.76. The zero-order chi connectivity index (χ0) is 12.7. The van der Waals surface area contributed by atoms with E-state index in [9.17, 15) is 14.4 Å². The van der Waals surface area contributed by atoms with Gasteiger partial charge in [-0.1, -0.05) is 27.2 Å². The minimum atomic E-state index is -1.24. The Kier molecular flexibility index (Phi) is 6.61. The third-order valence-electron chi connectivity index (χ3n) is 2.24. The first-order valence-electron chi connectivity index (χ1n) is 5.62. The third kappa shape index (κ3) is 4.55. The summed E-state index contributed by atoms with van der Waals surface area (Å²) in [6.07, 6.45) is 1.64. The highest BCUT2D eigenvalue weighted by Gasteiger charge is 2.33. The fraction of sp³-hybridized carbons (Fsp3) is 0.750. The van der Waals surface area contributed by atoms with Gasteiger partial charge in [0, 0.05) is 5.92 Å². The monoisotopic (exact) mass is 228 g/mol. The van der Waals surface area contributed by atoms with Crippen LogP contribution in [0, 0.1) is 11.8 Å². The zero-order valence-electron chi connectivity index (χ0n) is 10.4. The molecule has 0 spiro atoms. The molecule has 0 aromatic heterocycles. The number of ether oxygens (including phenoxy) is 1. The van der Waals surface area contributed by atoms with Gasteiger partial charge in [0.2, 0.25) is 0 Å². The molecule has 0 aromatic rings. The first-order valence-corrected chi connectivity index (χ1v) is 5.62. The molecule has 0 fully saturated rings. The van der Waals surface area contributed by atoms with Crippen LogP contribution in [-0.4, -0.2) is 24.1 Å². The molecule has 1 atom stereocenters. The summed E-state index contributed by atoms with van der Waals surface area (Å²) in [5.74, 6) is -3.10. The van der Waals surface area contributed by atoms with E-state index < -0.39 is 17.7 Å². The molecule has 0 heterocycles. The van der Waals surface area contributed by atoms with Crippen molar-refractivity contribution in [3.8, 4) is 0 Å². The molecule has 92 valence electrons. The first-order chi connectivity index (χ1) is 7.41. The van der Waals surface area contributed by atoms with Crippen LogP contribution in [0.1, 0.15) is 40.5 Å². The van der Waals surface area contributed by atoms with Gasteiger partial charge in [-0.25, -0.2) is 0 Å². The summed E-state index contributed by atoms with van der Waals surface area (Å²) in [5.41, 5.74) is 0. The summed E-state index contributed by atoms with van der Waals surface area (Å²) in [6, 6.07) is 0. The average Bonchev–Trinajstić information content (AvgIpc) is 2.17. The van der Waals surface area contributed by atoms with E-state index in [1.54, 1.807) is 13.8 Å². The third-order valence-corrected chi connectivity index (χ3v) is 2.24. The lowest BCUT2D eigenvalue weighted by Crippen LogP contribution is -2.34. The van der Waals surface area contributed by atoms with Crippen molar-refractivity contribution >= 4 is 17.5 Å². The van der Waals surface area contributed by atoms with E-state index in [0.29, 0.717) is 0 Å². The van der Waals surface area contributed by atoms with Crippen LogP contribution in [0.5, 0.6) is 0 Å². The van der Waals surface area contributed by atoms with E-state index in [1.165, 1.54) is 6.92 Å².